The minimum atomic E-state index is 0.0786. The third-order valence-corrected chi connectivity index (χ3v) is 2.86. The lowest BCUT2D eigenvalue weighted by Gasteiger charge is -2.26. The molecule has 0 bridgehead atoms. The van der Waals surface area contributed by atoms with Crippen molar-refractivity contribution >= 4 is 16.9 Å². The lowest BCUT2D eigenvalue weighted by Crippen LogP contribution is -2.38. The molecule has 0 rings (SSSR count). The fourth-order valence-corrected chi connectivity index (χ4v) is 1.88. The van der Waals surface area contributed by atoms with E-state index < -0.39 is 0 Å². The number of carbonyl (C=O) groups excluding carboxylic acids is 1. The number of hydrogen-bond donors (Lipinski definition) is 0. The number of carbonyl (C=O) groups is 1. The van der Waals surface area contributed by atoms with E-state index in [1.165, 1.54) is 11.8 Å². The molecule has 0 saturated carbocycles. The van der Waals surface area contributed by atoms with E-state index in [1.807, 2.05) is 13.2 Å². The van der Waals surface area contributed by atoms with E-state index in [4.69, 9.17) is 0 Å². The first kappa shape index (κ1) is 13.0. The van der Waals surface area contributed by atoms with Crippen molar-refractivity contribution in [2.45, 2.75) is 39.7 Å². The lowest BCUT2D eigenvalue weighted by atomic mass is 10.2. The van der Waals surface area contributed by atoms with Crippen LogP contribution in [0.1, 0.15) is 33.6 Å². The molecule has 2 nitrogen and oxygen atoms in total. The van der Waals surface area contributed by atoms with Crippen LogP contribution in [0, 0.1) is 0 Å². The van der Waals surface area contributed by atoms with Crippen molar-refractivity contribution in [3.63, 3.8) is 0 Å². The molecule has 0 aliphatic heterocycles. The van der Waals surface area contributed by atoms with Gasteiger partial charge in [0.15, 0.2) is 0 Å². The molecular formula is C10H21NOS. The Morgan fingerprint density at radius 1 is 1.31 bits per heavy atom. The summed E-state index contributed by atoms with van der Waals surface area (Å²) in [7, 11) is 0. The van der Waals surface area contributed by atoms with Gasteiger partial charge in [-0.15, -0.1) is 0 Å². The molecule has 0 amide bonds. The van der Waals surface area contributed by atoms with Crippen molar-refractivity contribution in [2.75, 3.05) is 19.3 Å². The Morgan fingerprint density at radius 2 is 1.77 bits per heavy atom. The van der Waals surface area contributed by atoms with Gasteiger partial charge >= 0.3 is 0 Å². The Balaban J connectivity index is 4.08. The monoisotopic (exact) mass is 203 g/mol. The molecule has 0 fully saturated rings. The van der Waals surface area contributed by atoms with Crippen LogP contribution in [0.3, 0.4) is 0 Å². The van der Waals surface area contributed by atoms with E-state index in [1.54, 1.807) is 0 Å². The normalized spacial score (nSPS) is 13.3. The fourth-order valence-electron chi connectivity index (χ4n) is 1.39. The second kappa shape index (κ2) is 7.39. The topological polar surface area (TPSA) is 20.3 Å². The summed E-state index contributed by atoms with van der Waals surface area (Å²) in [6.07, 6.45) is 4.09. The number of rotatable bonds is 6. The summed E-state index contributed by atoms with van der Waals surface area (Å²) in [5.74, 6) is 0. The smallest absolute Gasteiger partial charge is 0.205 e. The van der Waals surface area contributed by atoms with Crippen molar-refractivity contribution in [3.8, 4) is 0 Å². The predicted molar refractivity (Wildman–Crippen MR) is 60.1 cm³/mol. The summed E-state index contributed by atoms with van der Waals surface area (Å²) in [6, 6.07) is 0.0786. The maximum Gasteiger partial charge on any atom is 0.205 e. The van der Waals surface area contributed by atoms with Crippen LogP contribution < -0.4 is 0 Å². The average Bonchev–Trinajstić information content (AvgIpc) is 2.15. The molecule has 0 spiro atoms. The molecule has 0 aromatic heterocycles. The van der Waals surface area contributed by atoms with Crippen LogP contribution in [-0.4, -0.2) is 35.4 Å². The number of thioether (sulfide) groups is 1. The van der Waals surface area contributed by atoms with E-state index in [-0.39, 0.29) is 11.2 Å². The Hall–Kier alpha value is -0.0200. The minimum Gasteiger partial charge on any atom is -0.293 e. The van der Waals surface area contributed by atoms with Gasteiger partial charge < -0.3 is 0 Å². The molecule has 0 aromatic rings. The molecule has 0 aliphatic carbocycles. The quantitative estimate of drug-likeness (QED) is 0.661. The van der Waals surface area contributed by atoms with Crippen LogP contribution in [0.2, 0.25) is 0 Å². The van der Waals surface area contributed by atoms with Gasteiger partial charge in [-0.3, -0.25) is 9.69 Å². The van der Waals surface area contributed by atoms with Gasteiger partial charge in [-0.2, -0.15) is 0 Å². The maximum absolute atomic E-state index is 11.4. The third-order valence-electron chi connectivity index (χ3n) is 2.11. The zero-order valence-corrected chi connectivity index (χ0v) is 9.99. The van der Waals surface area contributed by atoms with E-state index in [0.717, 1.165) is 25.9 Å². The molecule has 0 N–H and O–H groups in total. The van der Waals surface area contributed by atoms with Crippen LogP contribution in [0.25, 0.3) is 0 Å². The molecule has 1 atom stereocenters. The Labute approximate surface area is 86.1 Å². The van der Waals surface area contributed by atoms with Gasteiger partial charge in [0.25, 0.3) is 0 Å². The van der Waals surface area contributed by atoms with Crippen LogP contribution in [0.4, 0.5) is 0 Å². The first-order chi connectivity index (χ1) is 6.17. The van der Waals surface area contributed by atoms with E-state index in [2.05, 4.69) is 18.7 Å². The fraction of sp³-hybridized carbons (Fsp3) is 0.900. The van der Waals surface area contributed by atoms with Crippen LogP contribution in [-0.2, 0) is 4.79 Å². The van der Waals surface area contributed by atoms with E-state index in [9.17, 15) is 4.79 Å². The summed E-state index contributed by atoms with van der Waals surface area (Å²) in [4.78, 5) is 13.7. The predicted octanol–water partition coefficient (Wildman–Crippen LogP) is 2.39. The summed E-state index contributed by atoms with van der Waals surface area (Å²) in [5.41, 5.74) is 0. The molecule has 0 aromatic carbocycles. The van der Waals surface area contributed by atoms with Crippen molar-refractivity contribution in [1.29, 1.82) is 0 Å². The van der Waals surface area contributed by atoms with Crippen LogP contribution >= 0.6 is 11.8 Å². The van der Waals surface area contributed by atoms with Gasteiger partial charge in [-0.25, -0.2) is 0 Å². The molecule has 78 valence electrons. The number of nitrogens with zero attached hydrogens (tertiary/aromatic N) is 1. The number of hydrogen-bond acceptors (Lipinski definition) is 3. The Morgan fingerprint density at radius 3 is 2.08 bits per heavy atom. The zero-order valence-electron chi connectivity index (χ0n) is 9.17. The van der Waals surface area contributed by atoms with Crippen molar-refractivity contribution in [2.24, 2.45) is 0 Å². The first-order valence-electron chi connectivity index (χ1n) is 4.99. The molecule has 3 heteroatoms. The minimum absolute atomic E-state index is 0.0786. The Bertz CT molecular complexity index is 144. The second-order valence-electron chi connectivity index (χ2n) is 3.24. The van der Waals surface area contributed by atoms with Crippen molar-refractivity contribution in [1.82, 2.24) is 4.90 Å². The summed E-state index contributed by atoms with van der Waals surface area (Å²) >= 11 is 1.33. The zero-order chi connectivity index (χ0) is 10.3. The SMILES string of the molecule is CCCN(CCC)[C@H](C)C(=O)SC. The van der Waals surface area contributed by atoms with Gasteiger partial charge in [0, 0.05) is 0 Å². The van der Waals surface area contributed by atoms with Gasteiger partial charge in [-0.05, 0) is 39.1 Å². The molecular weight excluding hydrogens is 182 g/mol. The van der Waals surface area contributed by atoms with Gasteiger partial charge in [-0.1, -0.05) is 25.6 Å². The summed E-state index contributed by atoms with van der Waals surface area (Å²) < 4.78 is 0. The molecule has 0 aliphatic rings. The third kappa shape index (κ3) is 4.67. The molecule has 0 unspecified atom stereocenters. The van der Waals surface area contributed by atoms with Crippen molar-refractivity contribution in [3.05, 3.63) is 0 Å². The standard InChI is InChI=1S/C10H21NOS/c1-5-7-11(8-6-2)9(3)10(12)13-4/h9H,5-8H2,1-4H3/t9-/m1/s1. The lowest BCUT2D eigenvalue weighted by molar-refractivity contribution is -0.115. The summed E-state index contributed by atoms with van der Waals surface area (Å²) in [6.45, 7) is 8.37. The van der Waals surface area contributed by atoms with Crippen LogP contribution in [0.5, 0.6) is 0 Å². The average molecular weight is 203 g/mol. The second-order valence-corrected chi connectivity index (χ2v) is 4.05. The largest absolute Gasteiger partial charge is 0.293 e. The first-order valence-corrected chi connectivity index (χ1v) is 6.21. The molecule has 13 heavy (non-hydrogen) atoms. The molecule has 0 radical (unpaired) electrons. The highest BCUT2D eigenvalue weighted by Crippen LogP contribution is 2.09. The van der Waals surface area contributed by atoms with E-state index in [0.29, 0.717) is 0 Å². The highest BCUT2D eigenvalue weighted by atomic mass is 32.2. The van der Waals surface area contributed by atoms with Gasteiger partial charge in [0.05, 0.1) is 6.04 Å². The van der Waals surface area contributed by atoms with Gasteiger partial charge in [0.2, 0.25) is 5.12 Å². The van der Waals surface area contributed by atoms with Crippen LogP contribution in [0.15, 0.2) is 0 Å². The summed E-state index contributed by atoms with van der Waals surface area (Å²) in [5, 5.41) is 0.280. The molecule has 0 heterocycles. The Kier molecular flexibility index (Phi) is 7.38. The highest BCUT2D eigenvalue weighted by Gasteiger charge is 2.18. The maximum atomic E-state index is 11.4. The molecule has 0 saturated heterocycles. The van der Waals surface area contributed by atoms with E-state index >= 15 is 0 Å². The van der Waals surface area contributed by atoms with Crippen molar-refractivity contribution < 1.29 is 4.79 Å². The highest BCUT2D eigenvalue weighted by molar-refractivity contribution is 8.13. The van der Waals surface area contributed by atoms with Gasteiger partial charge in [0.1, 0.15) is 0 Å².